The first-order chi connectivity index (χ1) is 10.5. The van der Waals surface area contributed by atoms with E-state index in [9.17, 15) is 13.5 Å². The molecule has 1 atom stereocenters. The summed E-state index contributed by atoms with van der Waals surface area (Å²) in [5, 5.41) is 10.6. The van der Waals surface area contributed by atoms with Gasteiger partial charge in [0.15, 0.2) is 0 Å². The predicted molar refractivity (Wildman–Crippen MR) is 84.6 cm³/mol. The zero-order valence-electron chi connectivity index (χ0n) is 11.4. The fourth-order valence-corrected chi connectivity index (χ4v) is 3.79. The van der Waals surface area contributed by atoms with Gasteiger partial charge in [0.25, 0.3) is 10.0 Å². The average molecular weight is 337 g/mol. The Kier molecular flexibility index (Phi) is 3.90. The van der Waals surface area contributed by atoms with Crippen molar-refractivity contribution >= 4 is 27.5 Å². The lowest BCUT2D eigenvalue weighted by molar-refractivity contribution is 0.187. The fraction of sp³-hybridized carbons (Fsp3) is 0.133. The molecule has 0 amide bonds. The summed E-state index contributed by atoms with van der Waals surface area (Å²) < 4.78 is 26.3. The Morgan fingerprint density at radius 3 is 2.59 bits per heavy atom. The van der Waals surface area contributed by atoms with E-state index in [0.717, 1.165) is 0 Å². The van der Waals surface area contributed by atoms with Gasteiger partial charge in [0, 0.05) is 16.1 Å². The quantitative estimate of drug-likeness (QED) is 0.901. The normalized spacial score (nSPS) is 18.7. The van der Waals surface area contributed by atoms with Crippen molar-refractivity contribution in [2.75, 3.05) is 6.54 Å². The summed E-state index contributed by atoms with van der Waals surface area (Å²) >= 11 is 6.02. The van der Waals surface area contributed by atoms with Gasteiger partial charge in [0.2, 0.25) is 0 Å². The minimum absolute atomic E-state index is 0.00984. The molecule has 2 aromatic carbocycles. The van der Waals surface area contributed by atoms with Crippen LogP contribution in [0.25, 0.3) is 0 Å². The second-order valence-corrected chi connectivity index (χ2v) is 6.89. The third kappa shape index (κ3) is 2.72. The minimum Gasteiger partial charge on any atom is -0.386 e. The Balaban J connectivity index is 1.87. The van der Waals surface area contributed by atoms with Gasteiger partial charge in [-0.25, -0.2) is 8.42 Å². The van der Waals surface area contributed by atoms with Crippen LogP contribution in [0.15, 0.2) is 58.4 Å². The van der Waals surface area contributed by atoms with Crippen molar-refractivity contribution in [3.05, 3.63) is 64.7 Å². The number of benzene rings is 2. The Hall–Kier alpha value is -1.89. The van der Waals surface area contributed by atoms with Crippen molar-refractivity contribution in [1.82, 2.24) is 4.72 Å². The molecule has 0 saturated carbocycles. The highest BCUT2D eigenvalue weighted by atomic mass is 35.5. The maximum absolute atomic E-state index is 12.0. The fourth-order valence-electron chi connectivity index (χ4n) is 2.27. The van der Waals surface area contributed by atoms with Crippen LogP contribution >= 0.6 is 11.6 Å². The van der Waals surface area contributed by atoms with Gasteiger partial charge in [-0.15, -0.1) is 0 Å². The van der Waals surface area contributed by atoms with Gasteiger partial charge in [0.1, 0.15) is 5.84 Å². The monoisotopic (exact) mass is 336 g/mol. The topological polar surface area (TPSA) is 78.8 Å². The third-order valence-electron chi connectivity index (χ3n) is 3.35. The van der Waals surface area contributed by atoms with E-state index in [1.807, 2.05) is 0 Å². The third-order valence-corrected chi connectivity index (χ3v) is 5.09. The van der Waals surface area contributed by atoms with Crippen LogP contribution in [0.3, 0.4) is 0 Å². The van der Waals surface area contributed by atoms with Crippen LogP contribution in [0.5, 0.6) is 0 Å². The van der Waals surface area contributed by atoms with Crippen LogP contribution < -0.4 is 4.72 Å². The van der Waals surface area contributed by atoms with Crippen LogP contribution in [-0.4, -0.2) is 25.9 Å². The number of nitrogens with one attached hydrogen (secondary N) is 1. The summed E-state index contributed by atoms with van der Waals surface area (Å²) in [5.74, 6) is 0.238. The standard InChI is InChI=1S/C15H13ClN2O3S/c16-12-7-3-1-5-10(12)13(19)9-17-15-11-6-2-4-8-14(11)22(20,21)18-15/h1-8,13,19H,9H2,(H,17,18). The van der Waals surface area contributed by atoms with Gasteiger partial charge in [0.05, 0.1) is 17.5 Å². The molecule has 7 heteroatoms. The number of rotatable bonds is 3. The van der Waals surface area contributed by atoms with Gasteiger partial charge in [-0.1, -0.05) is 41.9 Å². The Morgan fingerprint density at radius 2 is 1.82 bits per heavy atom. The largest absolute Gasteiger partial charge is 0.386 e. The van der Waals surface area contributed by atoms with Crippen molar-refractivity contribution in [2.45, 2.75) is 11.0 Å². The number of fused-ring (bicyclic) bond motifs is 1. The average Bonchev–Trinajstić information content (AvgIpc) is 2.77. The van der Waals surface area contributed by atoms with E-state index in [4.69, 9.17) is 11.6 Å². The first-order valence-corrected chi connectivity index (χ1v) is 8.44. The predicted octanol–water partition coefficient (Wildman–Crippen LogP) is 2.11. The molecular formula is C15H13ClN2O3S. The number of hydrogen-bond acceptors (Lipinski definition) is 4. The zero-order chi connectivity index (χ0) is 15.7. The molecule has 3 rings (SSSR count). The van der Waals surface area contributed by atoms with Gasteiger partial charge in [-0.3, -0.25) is 9.71 Å². The van der Waals surface area contributed by atoms with Gasteiger partial charge < -0.3 is 5.11 Å². The van der Waals surface area contributed by atoms with Gasteiger partial charge >= 0.3 is 0 Å². The van der Waals surface area contributed by atoms with Crippen LogP contribution in [0.4, 0.5) is 0 Å². The van der Waals surface area contributed by atoms with E-state index in [1.54, 1.807) is 42.5 Å². The molecule has 0 radical (unpaired) electrons. The molecule has 2 N–H and O–H groups in total. The van der Waals surface area contributed by atoms with Crippen molar-refractivity contribution in [2.24, 2.45) is 4.99 Å². The van der Waals surface area contributed by atoms with E-state index in [-0.39, 0.29) is 17.3 Å². The number of nitrogens with zero attached hydrogens (tertiary/aromatic N) is 1. The molecule has 1 aliphatic heterocycles. The van der Waals surface area contributed by atoms with Crippen molar-refractivity contribution in [1.29, 1.82) is 0 Å². The smallest absolute Gasteiger partial charge is 0.263 e. The molecule has 1 heterocycles. The number of amidine groups is 1. The minimum atomic E-state index is -3.56. The van der Waals surface area contributed by atoms with E-state index in [2.05, 4.69) is 9.71 Å². The summed E-state index contributed by atoms with van der Waals surface area (Å²) in [7, 11) is -3.56. The molecule has 2 aromatic rings. The van der Waals surface area contributed by atoms with Crippen molar-refractivity contribution < 1.29 is 13.5 Å². The second-order valence-electron chi connectivity index (χ2n) is 4.83. The maximum Gasteiger partial charge on any atom is 0.263 e. The molecule has 0 saturated heterocycles. The molecule has 0 aliphatic carbocycles. The maximum atomic E-state index is 12.0. The molecule has 22 heavy (non-hydrogen) atoms. The Labute approximate surface area is 133 Å². The number of aliphatic hydroxyl groups is 1. The van der Waals surface area contributed by atoms with Crippen LogP contribution in [-0.2, 0) is 10.0 Å². The van der Waals surface area contributed by atoms with E-state index in [0.29, 0.717) is 16.1 Å². The number of sulfonamides is 1. The Bertz CT molecular complexity index is 849. The van der Waals surface area contributed by atoms with Crippen LogP contribution in [0.2, 0.25) is 5.02 Å². The molecule has 0 fully saturated rings. The first-order valence-electron chi connectivity index (χ1n) is 6.58. The number of hydrogen-bond donors (Lipinski definition) is 2. The molecule has 114 valence electrons. The van der Waals surface area contributed by atoms with Gasteiger partial charge in [-0.05, 0) is 18.2 Å². The summed E-state index contributed by atoms with van der Waals surface area (Å²) in [6.45, 7) is 0.00984. The lowest BCUT2D eigenvalue weighted by Gasteiger charge is -2.10. The molecule has 0 aromatic heterocycles. The van der Waals surface area contributed by atoms with E-state index in [1.165, 1.54) is 6.07 Å². The molecule has 1 unspecified atom stereocenters. The molecule has 1 aliphatic rings. The summed E-state index contributed by atoms with van der Waals surface area (Å²) in [6, 6.07) is 13.5. The lowest BCUT2D eigenvalue weighted by atomic mass is 10.1. The van der Waals surface area contributed by atoms with Crippen molar-refractivity contribution in [3.8, 4) is 0 Å². The molecule has 5 nitrogen and oxygen atoms in total. The Morgan fingerprint density at radius 1 is 1.14 bits per heavy atom. The highest BCUT2D eigenvalue weighted by Gasteiger charge is 2.30. The van der Waals surface area contributed by atoms with Crippen LogP contribution in [0, 0.1) is 0 Å². The highest BCUT2D eigenvalue weighted by molar-refractivity contribution is 7.90. The molecule has 0 spiro atoms. The zero-order valence-corrected chi connectivity index (χ0v) is 13.0. The second kappa shape index (κ2) is 5.72. The van der Waals surface area contributed by atoms with Crippen LogP contribution in [0.1, 0.15) is 17.2 Å². The number of aliphatic imine (C=N–C) groups is 1. The highest BCUT2D eigenvalue weighted by Crippen LogP contribution is 2.25. The number of halogens is 1. The summed E-state index contributed by atoms with van der Waals surface area (Å²) in [4.78, 5) is 4.39. The van der Waals surface area contributed by atoms with E-state index < -0.39 is 16.1 Å². The summed E-state index contributed by atoms with van der Waals surface area (Å²) in [5.41, 5.74) is 1.07. The molecule has 0 bridgehead atoms. The van der Waals surface area contributed by atoms with E-state index >= 15 is 0 Å². The number of aliphatic hydroxyl groups excluding tert-OH is 1. The van der Waals surface area contributed by atoms with Crippen molar-refractivity contribution in [3.63, 3.8) is 0 Å². The SMILES string of the molecule is O=S1(=O)NC(=NCC(O)c2ccccc2Cl)c2ccccc21. The lowest BCUT2D eigenvalue weighted by Crippen LogP contribution is -2.23. The molecular weight excluding hydrogens is 324 g/mol. The summed E-state index contributed by atoms with van der Waals surface area (Å²) in [6.07, 6.45) is -0.904. The van der Waals surface area contributed by atoms with Gasteiger partial charge in [-0.2, -0.15) is 0 Å². The first kappa shape index (κ1) is 15.0.